The summed E-state index contributed by atoms with van der Waals surface area (Å²) in [5.41, 5.74) is 0.306. The second kappa shape index (κ2) is 5.76. The molecular formula is C14H21NO3. The Kier molecular flexibility index (Phi) is 4.59. The maximum absolute atomic E-state index is 12.1. The lowest BCUT2D eigenvalue weighted by atomic mass is 10.0. The Morgan fingerprint density at radius 1 is 1.17 bits per heavy atom. The van der Waals surface area contributed by atoms with Crippen molar-refractivity contribution >= 4 is 5.91 Å². The van der Waals surface area contributed by atoms with Crippen molar-refractivity contribution < 1.29 is 14.3 Å². The summed E-state index contributed by atoms with van der Waals surface area (Å²) in [6.45, 7) is 6.01. The fraction of sp³-hybridized carbons (Fsp3) is 0.500. The first-order valence-corrected chi connectivity index (χ1v) is 5.97. The van der Waals surface area contributed by atoms with Crippen molar-refractivity contribution in [3.63, 3.8) is 0 Å². The van der Waals surface area contributed by atoms with E-state index in [2.05, 4.69) is 5.32 Å². The van der Waals surface area contributed by atoms with Gasteiger partial charge in [-0.15, -0.1) is 0 Å². The lowest BCUT2D eigenvalue weighted by Gasteiger charge is -2.24. The Morgan fingerprint density at radius 2 is 1.67 bits per heavy atom. The second-order valence-corrected chi connectivity index (χ2v) is 4.79. The van der Waals surface area contributed by atoms with Gasteiger partial charge < -0.3 is 14.8 Å². The average molecular weight is 251 g/mol. The summed E-state index contributed by atoms with van der Waals surface area (Å²) in [7, 11) is 3.12. The quantitative estimate of drug-likeness (QED) is 0.875. The van der Waals surface area contributed by atoms with Gasteiger partial charge in [-0.2, -0.15) is 0 Å². The van der Waals surface area contributed by atoms with Gasteiger partial charge in [-0.05, 0) is 32.4 Å². The molecule has 0 heterocycles. The highest BCUT2D eigenvalue weighted by Crippen LogP contribution is 2.23. The summed E-state index contributed by atoms with van der Waals surface area (Å²) < 4.78 is 10.3. The van der Waals surface area contributed by atoms with Crippen LogP contribution < -0.4 is 14.8 Å². The maximum atomic E-state index is 12.1. The third kappa shape index (κ3) is 3.65. The van der Waals surface area contributed by atoms with Crippen LogP contribution in [-0.4, -0.2) is 25.7 Å². The highest BCUT2D eigenvalue weighted by molar-refractivity contribution is 5.95. The first-order valence-electron chi connectivity index (χ1n) is 5.97. The molecule has 1 amide bonds. The third-order valence-electron chi connectivity index (χ3n) is 2.95. The predicted molar refractivity (Wildman–Crippen MR) is 71.4 cm³/mol. The van der Waals surface area contributed by atoms with Crippen LogP contribution in [0.25, 0.3) is 0 Å². The van der Waals surface area contributed by atoms with E-state index in [0.717, 1.165) is 6.42 Å². The maximum Gasteiger partial charge on any atom is 0.251 e. The van der Waals surface area contributed by atoms with Crippen LogP contribution in [0.5, 0.6) is 11.5 Å². The standard InChI is InChI=1S/C14H21NO3/c1-6-14(2,3)15-13(16)10-7-11(17-4)9-12(8-10)18-5/h7-9H,6H2,1-5H3,(H,15,16). The zero-order valence-corrected chi connectivity index (χ0v) is 11.7. The van der Waals surface area contributed by atoms with E-state index in [1.54, 1.807) is 32.4 Å². The highest BCUT2D eigenvalue weighted by Gasteiger charge is 2.19. The van der Waals surface area contributed by atoms with E-state index in [9.17, 15) is 4.79 Å². The molecule has 0 aliphatic carbocycles. The number of amides is 1. The van der Waals surface area contributed by atoms with Gasteiger partial charge in [0.25, 0.3) is 5.91 Å². The van der Waals surface area contributed by atoms with Crippen molar-refractivity contribution in [1.82, 2.24) is 5.32 Å². The van der Waals surface area contributed by atoms with Gasteiger partial charge in [0.15, 0.2) is 0 Å². The van der Waals surface area contributed by atoms with Crippen molar-refractivity contribution in [2.24, 2.45) is 0 Å². The molecule has 0 saturated carbocycles. The summed E-state index contributed by atoms with van der Waals surface area (Å²) in [6.07, 6.45) is 0.861. The minimum absolute atomic E-state index is 0.126. The van der Waals surface area contributed by atoms with Gasteiger partial charge in [0, 0.05) is 17.2 Å². The molecule has 1 aromatic rings. The van der Waals surface area contributed by atoms with Crippen LogP contribution in [-0.2, 0) is 0 Å². The smallest absolute Gasteiger partial charge is 0.251 e. The zero-order valence-electron chi connectivity index (χ0n) is 11.7. The van der Waals surface area contributed by atoms with E-state index in [1.807, 2.05) is 20.8 Å². The van der Waals surface area contributed by atoms with Gasteiger partial charge in [0.05, 0.1) is 14.2 Å². The van der Waals surface area contributed by atoms with E-state index in [1.165, 1.54) is 0 Å². The van der Waals surface area contributed by atoms with Crippen LogP contribution in [0, 0.1) is 0 Å². The van der Waals surface area contributed by atoms with Gasteiger partial charge in [-0.3, -0.25) is 4.79 Å². The zero-order chi connectivity index (χ0) is 13.8. The molecule has 0 aliphatic rings. The molecule has 0 bridgehead atoms. The molecule has 18 heavy (non-hydrogen) atoms. The van der Waals surface area contributed by atoms with Crippen molar-refractivity contribution in [3.8, 4) is 11.5 Å². The first-order chi connectivity index (χ1) is 8.41. The fourth-order valence-electron chi connectivity index (χ4n) is 1.41. The summed E-state index contributed by atoms with van der Waals surface area (Å²) in [5, 5.41) is 2.97. The summed E-state index contributed by atoms with van der Waals surface area (Å²) in [4.78, 5) is 12.1. The van der Waals surface area contributed by atoms with Crippen molar-refractivity contribution in [2.45, 2.75) is 32.7 Å². The van der Waals surface area contributed by atoms with Crippen LogP contribution >= 0.6 is 0 Å². The number of nitrogens with one attached hydrogen (secondary N) is 1. The Labute approximate surface area is 108 Å². The first kappa shape index (κ1) is 14.4. The SMILES string of the molecule is CCC(C)(C)NC(=O)c1cc(OC)cc(OC)c1. The van der Waals surface area contributed by atoms with Gasteiger partial charge in [-0.25, -0.2) is 0 Å². The second-order valence-electron chi connectivity index (χ2n) is 4.79. The largest absolute Gasteiger partial charge is 0.497 e. The Morgan fingerprint density at radius 3 is 2.06 bits per heavy atom. The molecular weight excluding hydrogens is 230 g/mol. The molecule has 0 fully saturated rings. The van der Waals surface area contributed by atoms with Crippen molar-refractivity contribution in [1.29, 1.82) is 0 Å². The molecule has 1 aromatic carbocycles. The lowest BCUT2D eigenvalue weighted by Crippen LogP contribution is -2.42. The lowest BCUT2D eigenvalue weighted by molar-refractivity contribution is 0.0910. The molecule has 0 aliphatic heterocycles. The molecule has 0 radical (unpaired) electrons. The van der Waals surface area contributed by atoms with Crippen LogP contribution in [0.2, 0.25) is 0 Å². The van der Waals surface area contributed by atoms with Gasteiger partial charge in [0.1, 0.15) is 11.5 Å². The van der Waals surface area contributed by atoms with Gasteiger partial charge >= 0.3 is 0 Å². The molecule has 4 nitrogen and oxygen atoms in total. The molecule has 0 spiro atoms. The fourth-order valence-corrected chi connectivity index (χ4v) is 1.41. The van der Waals surface area contributed by atoms with E-state index in [4.69, 9.17) is 9.47 Å². The van der Waals surface area contributed by atoms with E-state index in [-0.39, 0.29) is 11.4 Å². The topological polar surface area (TPSA) is 47.6 Å². The Bertz CT molecular complexity index is 405. The van der Waals surface area contributed by atoms with Gasteiger partial charge in [-0.1, -0.05) is 6.92 Å². The molecule has 0 atom stereocenters. The monoisotopic (exact) mass is 251 g/mol. The predicted octanol–water partition coefficient (Wildman–Crippen LogP) is 2.62. The number of benzene rings is 1. The Hall–Kier alpha value is -1.71. The van der Waals surface area contributed by atoms with Gasteiger partial charge in [0.2, 0.25) is 0 Å². The number of hydrogen-bond donors (Lipinski definition) is 1. The minimum Gasteiger partial charge on any atom is -0.497 e. The van der Waals surface area contributed by atoms with Crippen molar-refractivity contribution in [3.05, 3.63) is 23.8 Å². The van der Waals surface area contributed by atoms with E-state index < -0.39 is 0 Å². The van der Waals surface area contributed by atoms with Crippen LogP contribution in [0.3, 0.4) is 0 Å². The summed E-state index contributed by atoms with van der Waals surface area (Å²) >= 11 is 0. The van der Waals surface area contributed by atoms with Crippen LogP contribution in [0.15, 0.2) is 18.2 Å². The molecule has 1 rings (SSSR count). The van der Waals surface area contributed by atoms with E-state index in [0.29, 0.717) is 17.1 Å². The summed E-state index contributed by atoms with van der Waals surface area (Å²) in [5.74, 6) is 1.08. The molecule has 0 saturated heterocycles. The molecule has 0 aromatic heterocycles. The number of rotatable bonds is 5. The minimum atomic E-state index is -0.229. The van der Waals surface area contributed by atoms with Crippen LogP contribution in [0.1, 0.15) is 37.6 Å². The normalized spacial score (nSPS) is 10.9. The van der Waals surface area contributed by atoms with E-state index >= 15 is 0 Å². The number of carbonyl (C=O) groups excluding carboxylic acids is 1. The number of carbonyl (C=O) groups is 1. The van der Waals surface area contributed by atoms with Crippen LogP contribution in [0.4, 0.5) is 0 Å². The number of ether oxygens (including phenoxy) is 2. The molecule has 4 heteroatoms. The highest BCUT2D eigenvalue weighted by atomic mass is 16.5. The molecule has 1 N–H and O–H groups in total. The average Bonchev–Trinajstić information content (AvgIpc) is 2.37. The number of methoxy groups -OCH3 is 2. The third-order valence-corrected chi connectivity index (χ3v) is 2.95. The summed E-state index contributed by atoms with van der Waals surface area (Å²) in [6, 6.07) is 5.13. The Balaban J connectivity index is 2.98. The molecule has 100 valence electrons. The molecule has 0 unspecified atom stereocenters. The van der Waals surface area contributed by atoms with Crippen molar-refractivity contribution in [2.75, 3.05) is 14.2 Å². The number of hydrogen-bond acceptors (Lipinski definition) is 3.